The van der Waals surface area contributed by atoms with Gasteiger partial charge in [-0.1, -0.05) is 12.1 Å². The molecule has 2 saturated heterocycles. The Hall–Kier alpha value is -1.72. The van der Waals surface area contributed by atoms with E-state index in [-0.39, 0.29) is 0 Å². The van der Waals surface area contributed by atoms with Gasteiger partial charge in [0.2, 0.25) is 0 Å². The first-order valence-corrected chi connectivity index (χ1v) is 9.15. The van der Waals surface area contributed by atoms with E-state index in [0.29, 0.717) is 0 Å². The number of para-hydroxylation sites is 2. The highest BCUT2D eigenvalue weighted by Crippen LogP contribution is 2.23. The first-order chi connectivity index (χ1) is 11.8. The number of piperidine rings is 1. The standard InChI is InChI=1S/C19H27N5/c1-22-10-12-23(13-11-22)15-16-6-8-24(9-7-16)19-14-20-17-4-2-3-5-18(17)21-19/h2-5,14,16H,6-13,15H2,1H3. The Morgan fingerprint density at radius 2 is 1.67 bits per heavy atom. The van der Waals surface area contributed by atoms with Crippen molar-refractivity contribution < 1.29 is 0 Å². The fourth-order valence-electron chi connectivity index (χ4n) is 3.84. The number of fused-ring (bicyclic) bond motifs is 1. The highest BCUT2D eigenvalue weighted by atomic mass is 15.2. The number of piperazine rings is 1. The van der Waals surface area contributed by atoms with Crippen molar-refractivity contribution in [1.82, 2.24) is 19.8 Å². The fourth-order valence-corrected chi connectivity index (χ4v) is 3.84. The van der Waals surface area contributed by atoms with Gasteiger partial charge < -0.3 is 14.7 Å². The summed E-state index contributed by atoms with van der Waals surface area (Å²) in [7, 11) is 2.22. The van der Waals surface area contributed by atoms with Crippen LogP contribution in [0.4, 0.5) is 5.82 Å². The number of hydrogen-bond acceptors (Lipinski definition) is 5. The number of aromatic nitrogens is 2. The first kappa shape index (κ1) is 15.8. The zero-order valence-electron chi connectivity index (χ0n) is 14.6. The maximum absolute atomic E-state index is 4.80. The van der Waals surface area contributed by atoms with E-state index in [1.807, 2.05) is 30.5 Å². The Morgan fingerprint density at radius 3 is 2.42 bits per heavy atom. The van der Waals surface area contributed by atoms with Gasteiger partial charge in [0.25, 0.3) is 0 Å². The molecule has 0 spiro atoms. The Labute approximate surface area is 144 Å². The third-order valence-electron chi connectivity index (χ3n) is 5.49. The molecule has 2 aromatic rings. The lowest BCUT2D eigenvalue weighted by Gasteiger charge is -2.38. The Bertz CT molecular complexity index is 672. The van der Waals surface area contributed by atoms with E-state index in [1.165, 1.54) is 45.6 Å². The van der Waals surface area contributed by atoms with Gasteiger partial charge in [0.1, 0.15) is 5.82 Å². The zero-order chi connectivity index (χ0) is 16.4. The van der Waals surface area contributed by atoms with Gasteiger partial charge in [0, 0.05) is 45.8 Å². The van der Waals surface area contributed by atoms with E-state index < -0.39 is 0 Å². The van der Waals surface area contributed by atoms with Crippen molar-refractivity contribution >= 4 is 16.9 Å². The average Bonchev–Trinajstić information content (AvgIpc) is 2.64. The summed E-state index contributed by atoms with van der Waals surface area (Å²) in [5, 5.41) is 0. The summed E-state index contributed by atoms with van der Waals surface area (Å²) in [5.74, 6) is 1.87. The number of benzene rings is 1. The number of anilines is 1. The van der Waals surface area contributed by atoms with E-state index in [1.54, 1.807) is 0 Å². The molecule has 0 atom stereocenters. The predicted octanol–water partition coefficient (Wildman–Crippen LogP) is 2.09. The summed E-state index contributed by atoms with van der Waals surface area (Å²) >= 11 is 0. The van der Waals surface area contributed by atoms with Crippen LogP contribution in [-0.4, -0.2) is 72.6 Å². The minimum absolute atomic E-state index is 0.832. The second kappa shape index (κ2) is 7.03. The van der Waals surface area contributed by atoms with E-state index in [0.717, 1.165) is 35.9 Å². The SMILES string of the molecule is CN1CCN(CC2CCN(c3cnc4ccccc4n3)CC2)CC1. The molecule has 0 N–H and O–H groups in total. The van der Waals surface area contributed by atoms with Gasteiger partial charge in [-0.15, -0.1) is 0 Å². The summed E-state index contributed by atoms with van der Waals surface area (Å²) in [6, 6.07) is 8.12. The van der Waals surface area contributed by atoms with Crippen LogP contribution < -0.4 is 4.90 Å². The molecule has 2 aliphatic heterocycles. The average molecular weight is 325 g/mol. The van der Waals surface area contributed by atoms with Crippen LogP contribution in [0.5, 0.6) is 0 Å². The Kier molecular flexibility index (Phi) is 4.63. The smallest absolute Gasteiger partial charge is 0.147 e. The van der Waals surface area contributed by atoms with Crippen LogP contribution in [0.15, 0.2) is 30.5 Å². The molecule has 0 unspecified atom stereocenters. The van der Waals surface area contributed by atoms with Crippen molar-refractivity contribution in [2.24, 2.45) is 5.92 Å². The topological polar surface area (TPSA) is 35.5 Å². The maximum atomic E-state index is 4.80. The fraction of sp³-hybridized carbons (Fsp3) is 0.579. The molecule has 4 rings (SSSR count). The number of nitrogens with zero attached hydrogens (tertiary/aromatic N) is 5. The van der Waals surface area contributed by atoms with E-state index in [2.05, 4.69) is 26.7 Å². The minimum atomic E-state index is 0.832. The van der Waals surface area contributed by atoms with Crippen molar-refractivity contribution in [3.8, 4) is 0 Å². The molecular formula is C19H27N5. The quantitative estimate of drug-likeness (QED) is 0.863. The van der Waals surface area contributed by atoms with Crippen LogP contribution in [0.2, 0.25) is 0 Å². The van der Waals surface area contributed by atoms with Gasteiger partial charge in [-0.2, -0.15) is 0 Å². The monoisotopic (exact) mass is 325 g/mol. The summed E-state index contributed by atoms with van der Waals surface area (Å²) in [6.45, 7) is 8.36. The van der Waals surface area contributed by atoms with Crippen LogP contribution in [0.1, 0.15) is 12.8 Å². The molecule has 5 heteroatoms. The Balaban J connectivity index is 1.33. The van der Waals surface area contributed by atoms with Gasteiger partial charge in [0.15, 0.2) is 0 Å². The third kappa shape index (κ3) is 3.52. The number of hydrogen-bond donors (Lipinski definition) is 0. The van der Waals surface area contributed by atoms with Crippen molar-refractivity contribution in [2.45, 2.75) is 12.8 Å². The lowest BCUT2D eigenvalue weighted by atomic mass is 9.96. The zero-order valence-corrected chi connectivity index (χ0v) is 14.6. The second-order valence-electron chi connectivity index (χ2n) is 7.25. The molecule has 0 radical (unpaired) electrons. The number of likely N-dealkylation sites (N-methyl/N-ethyl adjacent to an activating group) is 1. The Morgan fingerprint density at radius 1 is 0.958 bits per heavy atom. The third-order valence-corrected chi connectivity index (χ3v) is 5.49. The van der Waals surface area contributed by atoms with Crippen molar-refractivity contribution in [1.29, 1.82) is 0 Å². The molecule has 2 fully saturated rings. The van der Waals surface area contributed by atoms with Crippen molar-refractivity contribution in [2.75, 3.05) is 57.8 Å². The van der Waals surface area contributed by atoms with Crippen LogP contribution >= 0.6 is 0 Å². The molecule has 1 aromatic carbocycles. The summed E-state index contributed by atoms with van der Waals surface area (Å²) < 4.78 is 0. The highest BCUT2D eigenvalue weighted by molar-refractivity contribution is 5.75. The molecule has 2 aliphatic rings. The van der Waals surface area contributed by atoms with Crippen LogP contribution in [0.3, 0.4) is 0 Å². The second-order valence-corrected chi connectivity index (χ2v) is 7.25. The lowest BCUT2D eigenvalue weighted by Crippen LogP contribution is -2.47. The number of rotatable bonds is 3. The lowest BCUT2D eigenvalue weighted by molar-refractivity contribution is 0.129. The van der Waals surface area contributed by atoms with Gasteiger partial charge in [-0.25, -0.2) is 4.98 Å². The molecule has 0 amide bonds. The van der Waals surface area contributed by atoms with Gasteiger partial charge >= 0.3 is 0 Å². The molecule has 24 heavy (non-hydrogen) atoms. The maximum Gasteiger partial charge on any atom is 0.147 e. The summed E-state index contributed by atoms with van der Waals surface area (Å²) in [4.78, 5) is 16.8. The van der Waals surface area contributed by atoms with Gasteiger partial charge in [-0.3, -0.25) is 4.98 Å². The molecule has 1 aromatic heterocycles. The minimum Gasteiger partial charge on any atom is -0.355 e. The summed E-state index contributed by atoms with van der Waals surface area (Å²) in [6.07, 6.45) is 4.46. The van der Waals surface area contributed by atoms with Crippen LogP contribution in [-0.2, 0) is 0 Å². The van der Waals surface area contributed by atoms with E-state index in [9.17, 15) is 0 Å². The highest BCUT2D eigenvalue weighted by Gasteiger charge is 2.23. The molecule has 3 heterocycles. The molecule has 0 bridgehead atoms. The van der Waals surface area contributed by atoms with Crippen LogP contribution in [0, 0.1) is 5.92 Å². The van der Waals surface area contributed by atoms with Gasteiger partial charge in [-0.05, 0) is 37.9 Å². The molecular weight excluding hydrogens is 298 g/mol. The molecule has 0 saturated carbocycles. The molecule has 0 aliphatic carbocycles. The van der Waals surface area contributed by atoms with Crippen LogP contribution in [0.25, 0.3) is 11.0 Å². The predicted molar refractivity (Wildman–Crippen MR) is 98.4 cm³/mol. The first-order valence-electron chi connectivity index (χ1n) is 9.15. The van der Waals surface area contributed by atoms with E-state index >= 15 is 0 Å². The van der Waals surface area contributed by atoms with Crippen molar-refractivity contribution in [3.05, 3.63) is 30.5 Å². The van der Waals surface area contributed by atoms with Gasteiger partial charge in [0.05, 0.1) is 17.2 Å². The largest absolute Gasteiger partial charge is 0.355 e. The summed E-state index contributed by atoms with van der Waals surface area (Å²) in [5.41, 5.74) is 1.97. The van der Waals surface area contributed by atoms with E-state index in [4.69, 9.17) is 4.98 Å². The molecule has 128 valence electrons. The molecule has 5 nitrogen and oxygen atoms in total. The normalized spacial score (nSPS) is 21.5. The van der Waals surface area contributed by atoms with Crippen molar-refractivity contribution in [3.63, 3.8) is 0 Å².